The van der Waals surface area contributed by atoms with E-state index in [1.54, 1.807) is 6.07 Å². The van der Waals surface area contributed by atoms with Crippen molar-refractivity contribution in [3.63, 3.8) is 0 Å². The Kier molecular flexibility index (Phi) is 7.50. The standard InChI is InChI=1S/C23H21N5O6S2/c1-35-14-4-2-3-12(9-14)24-16(30)10-15-19(31)28-23(36-15)25-18(11-5-7-13(29)8-6-11)17-20(32)26-22(34)27-21(17)33/h2-9,15,18,29H,10H2,1H3,(H,24,30)(H,25,28,31)(H3,26,27,32,33,34)/t15-,18-/m0/s1. The maximum absolute atomic E-state index is 12.6. The number of amides is 2. The van der Waals surface area contributed by atoms with E-state index in [9.17, 15) is 29.4 Å². The van der Waals surface area contributed by atoms with Crippen LogP contribution >= 0.6 is 23.5 Å². The summed E-state index contributed by atoms with van der Waals surface area (Å²) in [4.78, 5) is 58.7. The molecule has 1 fully saturated rings. The van der Waals surface area contributed by atoms with Crippen LogP contribution in [0.5, 0.6) is 11.6 Å². The van der Waals surface area contributed by atoms with Gasteiger partial charge in [-0.05, 0) is 42.2 Å². The fourth-order valence-electron chi connectivity index (χ4n) is 3.50. The highest BCUT2D eigenvalue weighted by atomic mass is 32.2. The Bertz CT molecular complexity index is 1450. The molecule has 6 N–H and O–H groups in total. The average Bonchev–Trinajstić information content (AvgIpc) is 3.16. The van der Waals surface area contributed by atoms with Crippen molar-refractivity contribution in [1.29, 1.82) is 0 Å². The number of amidine groups is 1. The highest BCUT2D eigenvalue weighted by Gasteiger charge is 2.33. The van der Waals surface area contributed by atoms with Crippen molar-refractivity contribution in [2.24, 2.45) is 4.99 Å². The number of nitrogens with zero attached hydrogens (tertiary/aromatic N) is 1. The van der Waals surface area contributed by atoms with Gasteiger partial charge in [-0.15, -0.1) is 11.8 Å². The lowest BCUT2D eigenvalue weighted by Crippen LogP contribution is -2.29. The second-order valence-electron chi connectivity index (χ2n) is 7.68. The Labute approximate surface area is 212 Å². The van der Waals surface area contributed by atoms with Crippen LogP contribution in [0.2, 0.25) is 0 Å². The zero-order chi connectivity index (χ0) is 25.8. The van der Waals surface area contributed by atoms with Gasteiger partial charge in [0.25, 0.3) is 5.56 Å². The number of benzene rings is 2. The number of aromatic hydroxyl groups is 2. The van der Waals surface area contributed by atoms with Crippen LogP contribution in [-0.2, 0) is 9.59 Å². The highest BCUT2D eigenvalue weighted by molar-refractivity contribution is 8.15. The number of aliphatic imine (C=N–C) groups is 1. The second kappa shape index (κ2) is 10.7. The third-order valence-electron chi connectivity index (χ3n) is 5.19. The van der Waals surface area contributed by atoms with E-state index < -0.39 is 34.3 Å². The Morgan fingerprint density at radius 3 is 2.58 bits per heavy atom. The Balaban J connectivity index is 1.57. The number of phenolic OH excluding ortho intramolecular Hbond substituents is 1. The maximum Gasteiger partial charge on any atom is 0.328 e. The molecule has 36 heavy (non-hydrogen) atoms. The first-order chi connectivity index (χ1) is 17.2. The van der Waals surface area contributed by atoms with E-state index >= 15 is 0 Å². The normalized spacial score (nSPS) is 17.1. The first kappa shape index (κ1) is 25.1. The molecular formula is C23H21N5O6S2. The summed E-state index contributed by atoms with van der Waals surface area (Å²) in [6.07, 6.45) is 1.81. The Morgan fingerprint density at radius 1 is 1.14 bits per heavy atom. The van der Waals surface area contributed by atoms with Gasteiger partial charge in [-0.1, -0.05) is 30.0 Å². The van der Waals surface area contributed by atoms with E-state index in [0.29, 0.717) is 11.3 Å². The molecule has 2 amide bonds. The monoisotopic (exact) mass is 527 g/mol. The quantitative estimate of drug-likeness (QED) is 0.252. The van der Waals surface area contributed by atoms with Crippen LogP contribution in [0.4, 0.5) is 5.69 Å². The number of anilines is 1. The summed E-state index contributed by atoms with van der Waals surface area (Å²) >= 11 is 2.55. The number of H-pyrrole nitrogens is 2. The number of rotatable bonds is 7. The first-order valence-electron chi connectivity index (χ1n) is 10.6. The van der Waals surface area contributed by atoms with E-state index in [4.69, 9.17) is 0 Å². The largest absolute Gasteiger partial charge is 0.508 e. The fourth-order valence-corrected chi connectivity index (χ4v) is 4.95. The van der Waals surface area contributed by atoms with Crippen molar-refractivity contribution in [3.8, 4) is 11.6 Å². The molecule has 0 saturated carbocycles. The molecule has 1 aliphatic rings. The molecule has 1 aromatic heterocycles. The van der Waals surface area contributed by atoms with E-state index in [0.717, 1.165) is 16.7 Å². The molecule has 0 radical (unpaired) electrons. The summed E-state index contributed by atoms with van der Waals surface area (Å²) in [7, 11) is 0. The first-order valence-corrected chi connectivity index (χ1v) is 12.7. The summed E-state index contributed by atoms with van der Waals surface area (Å²) < 4.78 is 0. The van der Waals surface area contributed by atoms with Crippen molar-refractivity contribution in [2.45, 2.75) is 22.6 Å². The van der Waals surface area contributed by atoms with Crippen LogP contribution in [0, 0.1) is 0 Å². The number of thioether (sulfide) groups is 2. The van der Waals surface area contributed by atoms with Gasteiger partial charge in [-0.3, -0.25) is 24.4 Å². The SMILES string of the molecule is CSc1cccc(NC(=O)C[C@@H]2SC(=N[C@@H](c3ccc(O)cc3)c3c(O)[nH]c(=O)[nH]c3=O)NC2=O)c1. The Hall–Kier alpha value is -3.97. The van der Waals surface area contributed by atoms with Gasteiger partial charge in [0, 0.05) is 17.0 Å². The molecule has 0 unspecified atom stereocenters. The molecule has 11 nitrogen and oxygen atoms in total. The summed E-state index contributed by atoms with van der Waals surface area (Å²) in [5.74, 6) is -1.49. The van der Waals surface area contributed by atoms with Gasteiger partial charge in [-0.2, -0.15) is 0 Å². The summed E-state index contributed by atoms with van der Waals surface area (Å²) in [5.41, 5.74) is -0.993. The lowest BCUT2D eigenvalue weighted by Gasteiger charge is -2.14. The van der Waals surface area contributed by atoms with Crippen molar-refractivity contribution >= 4 is 46.2 Å². The highest BCUT2D eigenvalue weighted by Crippen LogP contribution is 2.32. The average molecular weight is 528 g/mol. The van der Waals surface area contributed by atoms with E-state index in [1.165, 1.54) is 36.0 Å². The molecule has 0 spiro atoms. The lowest BCUT2D eigenvalue weighted by molar-refractivity contribution is -0.122. The number of carbonyl (C=O) groups is 2. The molecule has 2 heterocycles. The molecule has 2 aromatic carbocycles. The molecule has 2 atom stereocenters. The van der Waals surface area contributed by atoms with Gasteiger partial charge in [-0.25, -0.2) is 9.79 Å². The Morgan fingerprint density at radius 2 is 1.89 bits per heavy atom. The van der Waals surface area contributed by atoms with E-state index in [2.05, 4.69) is 20.6 Å². The molecule has 1 aliphatic heterocycles. The number of hydrogen-bond donors (Lipinski definition) is 6. The molecule has 0 aliphatic carbocycles. The van der Waals surface area contributed by atoms with Gasteiger partial charge in [0.05, 0.1) is 0 Å². The van der Waals surface area contributed by atoms with Gasteiger partial charge in [0.15, 0.2) is 5.17 Å². The molecule has 4 rings (SSSR count). The molecular weight excluding hydrogens is 506 g/mol. The second-order valence-corrected chi connectivity index (χ2v) is 9.75. The zero-order valence-corrected chi connectivity index (χ0v) is 20.4. The fraction of sp³-hybridized carbons (Fsp3) is 0.174. The van der Waals surface area contributed by atoms with Crippen molar-refractivity contribution in [3.05, 3.63) is 80.5 Å². The van der Waals surface area contributed by atoms with Crippen molar-refractivity contribution in [1.82, 2.24) is 15.3 Å². The van der Waals surface area contributed by atoms with Crippen molar-refractivity contribution in [2.75, 3.05) is 11.6 Å². The number of aromatic amines is 2. The zero-order valence-electron chi connectivity index (χ0n) is 18.8. The van der Waals surface area contributed by atoms with Crippen LogP contribution < -0.4 is 21.9 Å². The minimum atomic E-state index is -1.13. The number of carbonyl (C=O) groups excluding carboxylic acids is 2. The smallest absolute Gasteiger partial charge is 0.328 e. The van der Waals surface area contributed by atoms with Gasteiger partial charge in [0.1, 0.15) is 22.6 Å². The maximum atomic E-state index is 12.6. The third kappa shape index (κ3) is 5.80. The van der Waals surface area contributed by atoms with Crippen LogP contribution in [-0.4, -0.2) is 48.7 Å². The van der Waals surface area contributed by atoms with Gasteiger partial charge < -0.3 is 20.8 Å². The van der Waals surface area contributed by atoms with E-state index in [-0.39, 0.29) is 28.8 Å². The minimum Gasteiger partial charge on any atom is -0.508 e. The number of phenols is 1. The summed E-state index contributed by atoms with van der Waals surface area (Å²) in [6.45, 7) is 0. The molecule has 1 saturated heterocycles. The molecule has 3 aromatic rings. The topological polar surface area (TPSA) is 177 Å². The lowest BCUT2D eigenvalue weighted by atomic mass is 10.0. The predicted molar refractivity (Wildman–Crippen MR) is 138 cm³/mol. The molecule has 0 bridgehead atoms. The van der Waals surface area contributed by atoms with Gasteiger partial charge >= 0.3 is 5.69 Å². The minimum absolute atomic E-state index is 0.0255. The number of nitrogens with one attached hydrogen (secondary N) is 4. The van der Waals surface area contributed by atoms with Crippen LogP contribution in [0.1, 0.15) is 23.6 Å². The predicted octanol–water partition coefficient (Wildman–Crippen LogP) is 1.90. The van der Waals surface area contributed by atoms with Crippen LogP contribution in [0.3, 0.4) is 0 Å². The summed E-state index contributed by atoms with van der Waals surface area (Å²) in [6, 6.07) is 11.9. The van der Waals surface area contributed by atoms with Crippen LogP contribution in [0.25, 0.3) is 0 Å². The van der Waals surface area contributed by atoms with E-state index in [1.807, 2.05) is 29.4 Å². The number of aromatic nitrogens is 2. The third-order valence-corrected chi connectivity index (χ3v) is 7.01. The molecule has 13 heteroatoms. The van der Waals surface area contributed by atoms with Gasteiger partial charge in [0.2, 0.25) is 17.7 Å². The van der Waals surface area contributed by atoms with Crippen LogP contribution in [0.15, 0.2) is 68.0 Å². The summed E-state index contributed by atoms with van der Waals surface area (Å²) in [5, 5.41) is 24.7. The number of hydrogen-bond acceptors (Lipinski definition) is 9. The molecule has 186 valence electrons. The van der Waals surface area contributed by atoms with Crippen molar-refractivity contribution < 1.29 is 19.8 Å².